The highest BCUT2D eigenvalue weighted by molar-refractivity contribution is 5.78. The molecule has 76 valence electrons. The maximum absolute atomic E-state index is 11.0. The van der Waals surface area contributed by atoms with Gasteiger partial charge in [-0.25, -0.2) is 4.98 Å². The van der Waals surface area contributed by atoms with E-state index in [1.165, 1.54) is 0 Å². The van der Waals surface area contributed by atoms with E-state index in [1.807, 2.05) is 10.8 Å². The third kappa shape index (κ3) is 1.39. The zero-order valence-electron chi connectivity index (χ0n) is 8.10. The Balaban J connectivity index is 2.24. The van der Waals surface area contributed by atoms with Gasteiger partial charge in [0.2, 0.25) is 5.91 Å². The molecular formula is C9H14N4O. The van der Waals surface area contributed by atoms with Crippen LogP contribution in [0, 0.1) is 0 Å². The molecule has 2 heterocycles. The SMILES string of the molecule is CC(C(N)=O)n1cncc1C1CNC1. The summed E-state index contributed by atoms with van der Waals surface area (Å²) in [6.07, 6.45) is 3.48. The number of amides is 1. The lowest BCUT2D eigenvalue weighted by Gasteiger charge is -2.28. The first-order valence-electron chi connectivity index (χ1n) is 4.72. The Morgan fingerprint density at radius 3 is 3.00 bits per heavy atom. The predicted molar refractivity (Wildman–Crippen MR) is 51.7 cm³/mol. The standard InChI is InChI=1S/C9H14N4O/c1-6(9(10)14)13-5-12-4-8(13)7-2-11-3-7/h4-7,11H,2-3H2,1H3,(H2,10,14). The Bertz CT molecular complexity index is 342. The number of nitrogens with one attached hydrogen (secondary N) is 1. The van der Waals surface area contributed by atoms with E-state index in [2.05, 4.69) is 10.3 Å². The maximum Gasteiger partial charge on any atom is 0.240 e. The van der Waals surface area contributed by atoms with Crippen molar-refractivity contribution >= 4 is 5.91 Å². The molecule has 0 saturated carbocycles. The van der Waals surface area contributed by atoms with Gasteiger partial charge in [0, 0.05) is 30.9 Å². The zero-order chi connectivity index (χ0) is 10.1. The van der Waals surface area contributed by atoms with E-state index in [9.17, 15) is 4.79 Å². The highest BCUT2D eigenvalue weighted by atomic mass is 16.1. The average molecular weight is 194 g/mol. The summed E-state index contributed by atoms with van der Waals surface area (Å²) < 4.78 is 1.86. The van der Waals surface area contributed by atoms with Crippen LogP contribution < -0.4 is 11.1 Å². The minimum absolute atomic E-state index is 0.312. The number of carbonyl (C=O) groups is 1. The number of aromatic nitrogens is 2. The second-order valence-corrected chi connectivity index (χ2v) is 3.66. The first-order valence-corrected chi connectivity index (χ1v) is 4.72. The van der Waals surface area contributed by atoms with E-state index in [0.717, 1.165) is 18.8 Å². The number of carbonyl (C=O) groups excluding carboxylic acids is 1. The average Bonchev–Trinajstić information content (AvgIpc) is 2.48. The summed E-state index contributed by atoms with van der Waals surface area (Å²) in [4.78, 5) is 15.1. The van der Waals surface area contributed by atoms with Crippen molar-refractivity contribution in [2.45, 2.75) is 18.9 Å². The highest BCUT2D eigenvalue weighted by Crippen LogP contribution is 2.22. The van der Waals surface area contributed by atoms with E-state index in [0.29, 0.717) is 5.92 Å². The molecule has 5 heteroatoms. The molecule has 1 amide bonds. The second kappa shape index (κ2) is 3.42. The van der Waals surface area contributed by atoms with Crippen molar-refractivity contribution in [3.63, 3.8) is 0 Å². The molecule has 3 N–H and O–H groups in total. The van der Waals surface area contributed by atoms with E-state index in [-0.39, 0.29) is 11.9 Å². The molecule has 1 fully saturated rings. The molecule has 1 aromatic rings. The molecule has 1 saturated heterocycles. The van der Waals surface area contributed by atoms with Gasteiger partial charge >= 0.3 is 0 Å². The summed E-state index contributed by atoms with van der Waals surface area (Å²) in [5.74, 6) is 0.149. The van der Waals surface area contributed by atoms with Crippen molar-refractivity contribution in [2.75, 3.05) is 13.1 Å². The molecule has 0 spiro atoms. The number of hydrogen-bond acceptors (Lipinski definition) is 3. The lowest BCUT2D eigenvalue weighted by atomic mass is 9.99. The fourth-order valence-corrected chi connectivity index (χ4v) is 1.59. The summed E-state index contributed by atoms with van der Waals surface area (Å²) in [5.41, 5.74) is 6.35. The quantitative estimate of drug-likeness (QED) is 0.688. The van der Waals surface area contributed by atoms with Gasteiger partial charge in [-0.3, -0.25) is 4.79 Å². The van der Waals surface area contributed by atoms with Gasteiger partial charge in [0.05, 0.1) is 6.33 Å². The molecule has 2 rings (SSSR count). The van der Waals surface area contributed by atoms with Crippen LogP contribution in [0.4, 0.5) is 0 Å². The van der Waals surface area contributed by atoms with Crippen molar-refractivity contribution in [1.82, 2.24) is 14.9 Å². The summed E-state index contributed by atoms with van der Waals surface area (Å²) in [7, 11) is 0. The normalized spacial score (nSPS) is 18.9. The first-order chi connectivity index (χ1) is 6.70. The van der Waals surface area contributed by atoms with Gasteiger partial charge in [-0.1, -0.05) is 0 Å². The van der Waals surface area contributed by atoms with Gasteiger partial charge in [-0.2, -0.15) is 0 Å². The fourth-order valence-electron chi connectivity index (χ4n) is 1.59. The van der Waals surface area contributed by atoms with Crippen LogP contribution in [0.15, 0.2) is 12.5 Å². The van der Waals surface area contributed by atoms with Crippen LogP contribution in [0.5, 0.6) is 0 Å². The van der Waals surface area contributed by atoms with Gasteiger partial charge in [-0.15, -0.1) is 0 Å². The third-order valence-electron chi connectivity index (χ3n) is 2.72. The summed E-state index contributed by atoms with van der Waals surface area (Å²) >= 11 is 0. The van der Waals surface area contributed by atoms with Crippen LogP contribution in [-0.4, -0.2) is 28.5 Å². The van der Waals surface area contributed by atoms with Crippen LogP contribution in [-0.2, 0) is 4.79 Å². The number of imidazole rings is 1. The Kier molecular flexibility index (Phi) is 2.25. The van der Waals surface area contributed by atoms with Crippen LogP contribution >= 0.6 is 0 Å². The molecule has 1 unspecified atom stereocenters. The van der Waals surface area contributed by atoms with Crippen molar-refractivity contribution < 1.29 is 4.79 Å². The van der Waals surface area contributed by atoms with E-state index < -0.39 is 0 Å². The largest absolute Gasteiger partial charge is 0.368 e. The molecular weight excluding hydrogens is 180 g/mol. The topological polar surface area (TPSA) is 72.9 Å². The predicted octanol–water partition coefficient (Wildman–Crippen LogP) is -0.384. The van der Waals surface area contributed by atoms with E-state index in [1.54, 1.807) is 13.3 Å². The summed E-state index contributed by atoms with van der Waals surface area (Å²) in [6, 6.07) is -0.312. The molecule has 0 aliphatic carbocycles. The molecule has 0 radical (unpaired) electrons. The van der Waals surface area contributed by atoms with Gasteiger partial charge in [0.15, 0.2) is 0 Å². The Labute approximate surface area is 82.3 Å². The van der Waals surface area contributed by atoms with Gasteiger partial charge < -0.3 is 15.6 Å². The highest BCUT2D eigenvalue weighted by Gasteiger charge is 2.25. The minimum atomic E-state index is -0.323. The monoisotopic (exact) mass is 194 g/mol. The second-order valence-electron chi connectivity index (χ2n) is 3.66. The Hall–Kier alpha value is -1.36. The fraction of sp³-hybridized carbons (Fsp3) is 0.556. The number of primary amides is 1. The summed E-state index contributed by atoms with van der Waals surface area (Å²) in [5, 5.41) is 3.19. The van der Waals surface area contributed by atoms with Crippen LogP contribution in [0.2, 0.25) is 0 Å². The molecule has 1 aromatic heterocycles. The van der Waals surface area contributed by atoms with Gasteiger partial charge in [-0.05, 0) is 6.92 Å². The Morgan fingerprint density at radius 1 is 1.79 bits per heavy atom. The third-order valence-corrected chi connectivity index (χ3v) is 2.72. The Morgan fingerprint density at radius 2 is 2.50 bits per heavy atom. The van der Waals surface area contributed by atoms with E-state index in [4.69, 9.17) is 5.73 Å². The molecule has 0 aromatic carbocycles. The number of rotatable bonds is 3. The van der Waals surface area contributed by atoms with Crippen molar-refractivity contribution in [3.05, 3.63) is 18.2 Å². The van der Waals surface area contributed by atoms with Crippen molar-refractivity contribution in [2.24, 2.45) is 5.73 Å². The lowest BCUT2D eigenvalue weighted by Crippen LogP contribution is -2.41. The molecule has 1 aliphatic heterocycles. The lowest BCUT2D eigenvalue weighted by molar-refractivity contribution is -0.120. The van der Waals surface area contributed by atoms with Crippen molar-refractivity contribution in [1.29, 1.82) is 0 Å². The zero-order valence-corrected chi connectivity index (χ0v) is 8.10. The van der Waals surface area contributed by atoms with Gasteiger partial charge in [0.25, 0.3) is 0 Å². The summed E-state index contributed by atoms with van der Waals surface area (Å²) in [6.45, 7) is 3.70. The van der Waals surface area contributed by atoms with Crippen LogP contribution in [0.1, 0.15) is 24.6 Å². The van der Waals surface area contributed by atoms with Crippen LogP contribution in [0.3, 0.4) is 0 Å². The number of hydrogen-bond donors (Lipinski definition) is 2. The molecule has 0 bridgehead atoms. The molecule has 14 heavy (non-hydrogen) atoms. The molecule has 5 nitrogen and oxygen atoms in total. The number of nitrogens with zero attached hydrogens (tertiary/aromatic N) is 2. The minimum Gasteiger partial charge on any atom is -0.368 e. The first kappa shape index (κ1) is 9.21. The smallest absolute Gasteiger partial charge is 0.240 e. The maximum atomic E-state index is 11.0. The van der Waals surface area contributed by atoms with Crippen molar-refractivity contribution in [3.8, 4) is 0 Å². The van der Waals surface area contributed by atoms with E-state index >= 15 is 0 Å². The van der Waals surface area contributed by atoms with Crippen LogP contribution in [0.25, 0.3) is 0 Å². The van der Waals surface area contributed by atoms with Gasteiger partial charge in [0.1, 0.15) is 6.04 Å². The number of nitrogens with two attached hydrogens (primary N) is 1. The molecule has 1 atom stereocenters. The molecule has 1 aliphatic rings.